The van der Waals surface area contributed by atoms with Crippen LogP contribution in [0.3, 0.4) is 0 Å². The first-order valence-electron chi connectivity index (χ1n) is 13.1. The minimum absolute atomic E-state index is 0.172. The van der Waals surface area contributed by atoms with Gasteiger partial charge in [0.05, 0.1) is 24.8 Å². The van der Waals surface area contributed by atoms with Gasteiger partial charge in [-0.05, 0) is 50.4 Å². The molecule has 36 heavy (non-hydrogen) atoms. The first-order valence-corrected chi connectivity index (χ1v) is 14.8. The molecule has 4 rings (SSSR count). The molecule has 3 aliphatic rings. The van der Waals surface area contributed by atoms with Crippen LogP contribution in [0.2, 0.25) is 0 Å². The lowest BCUT2D eigenvalue weighted by Gasteiger charge is -2.36. The van der Waals surface area contributed by atoms with E-state index in [1.165, 1.54) is 0 Å². The highest BCUT2D eigenvalue weighted by Gasteiger charge is 2.43. The third kappa shape index (κ3) is 7.00. The average Bonchev–Trinajstić information content (AvgIpc) is 3.59. The molecule has 0 unspecified atom stereocenters. The molecule has 3 fully saturated rings. The smallest absolute Gasteiger partial charge is 0.410 e. The SMILES string of the molecule is CCC(C)(C)CS(=O)(=O)N1CCN(c2cnc(OCC3CCN(C(=O)OC4(C)CC4)CC3)cn2)CC1. The molecule has 1 amide bonds. The predicted octanol–water partition coefficient (Wildman–Crippen LogP) is 3.14. The van der Waals surface area contributed by atoms with Crippen molar-refractivity contribution in [2.45, 2.75) is 65.4 Å². The number of likely N-dealkylation sites (tertiary alicyclic amines) is 1. The van der Waals surface area contributed by atoms with Gasteiger partial charge in [0.25, 0.3) is 0 Å². The molecule has 1 saturated carbocycles. The van der Waals surface area contributed by atoms with E-state index in [1.807, 2.05) is 27.7 Å². The summed E-state index contributed by atoms with van der Waals surface area (Å²) in [6.45, 7) is 12.0. The van der Waals surface area contributed by atoms with Gasteiger partial charge in [0, 0.05) is 39.3 Å². The Bertz CT molecular complexity index is 996. The molecule has 0 aromatic carbocycles. The van der Waals surface area contributed by atoms with Crippen molar-refractivity contribution in [3.8, 4) is 5.88 Å². The van der Waals surface area contributed by atoms with E-state index in [0.29, 0.717) is 57.7 Å². The topological polar surface area (TPSA) is 105 Å². The van der Waals surface area contributed by atoms with Crippen LogP contribution in [0.4, 0.5) is 10.6 Å². The number of piperazine rings is 1. The van der Waals surface area contributed by atoms with E-state index in [-0.39, 0.29) is 22.9 Å². The highest BCUT2D eigenvalue weighted by Crippen LogP contribution is 2.39. The highest BCUT2D eigenvalue weighted by molar-refractivity contribution is 7.89. The molecule has 3 heterocycles. The van der Waals surface area contributed by atoms with Gasteiger partial charge in [0.1, 0.15) is 11.4 Å². The van der Waals surface area contributed by atoms with Gasteiger partial charge in [-0.2, -0.15) is 4.31 Å². The highest BCUT2D eigenvalue weighted by atomic mass is 32.2. The predicted molar refractivity (Wildman–Crippen MR) is 138 cm³/mol. The fourth-order valence-electron chi connectivity index (χ4n) is 4.47. The summed E-state index contributed by atoms with van der Waals surface area (Å²) in [5.74, 6) is 1.74. The van der Waals surface area contributed by atoms with Crippen LogP contribution in [-0.2, 0) is 14.8 Å². The maximum atomic E-state index is 12.8. The lowest BCUT2D eigenvalue weighted by molar-refractivity contribution is 0.0454. The number of carbonyl (C=O) groups is 1. The molecule has 1 aliphatic carbocycles. The summed E-state index contributed by atoms with van der Waals surface area (Å²) in [6.07, 6.45) is 7.61. The van der Waals surface area contributed by atoms with Crippen molar-refractivity contribution < 1.29 is 22.7 Å². The summed E-state index contributed by atoms with van der Waals surface area (Å²) in [5, 5.41) is 0. The van der Waals surface area contributed by atoms with E-state index in [2.05, 4.69) is 14.9 Å². The molecule has 0 atom stereocenters. The van der Waals surface area contributed by atoms with Crippen molar-refractivity contribution in [1.82, 2.24) is 19.2 Å². The number of piperidine rings is 1. The lowest BCUT2D eigenvalue weighted by atomic mass is 9.93. The zero-order valence-corrected chi connectivity index (χ0v) is 22.9. The van der Waals surface area contributed by atoms with Crippen LogP contribution in [-0.4, -0.2) is 90.9 Å². The number of rotatable bonds is 9. The van der Waals surface area contributed by atoms with Crippen LogP contribution in [0.5, 0.6) is 5.88 Å². The monoisotopic (exact) mass is 523 g/mol. The molecular weight excluding hydrogens is 482 g/mol. The Morgan fingerprint density at radius 1 is 1.08 bits per heavy atom. The second kappa shape index (κ2) is 10.7. The normalized spacial score (nSPS) is 21.3. The molecule has 1 aromatic heterocycles. The van der Waals surface area contributed by atoms with Crippen LogP contribution in [0.1, 0.15) is 59.8 Å². The van der Waals surface area contributed by atoms with Crippen molar-refractivity contribution in [3.05, 3.63) is 12.4 Å². The Balaban J connectivity index is 1.18. The summed E-state index contributed by atoms with van der Waals surface area (Å²) in [6, 6.07) is 0. The Morgan fingerprint density at radius 3 is 2.31 bits per heavy atom. The Morgan fingerprint density at radius 2 is 1.75 bits per heavy atom. The van der Waals surface area contributed by atoms with E-state index in [9.17, 15) is 13.2 Å². The molecule has 0 bridgehead atoms. The van der Waals surface area contributed by atoms with E-state index >= 15 is 0 Å². The number of amides is 1. The van der Waals surface area contributed by atoms with Crippen molar-refractivity contribution in [2.75, 3.05) is 56.5 Å². The Kier molecular flexibility index (Phi) is 7.99. The second-order valence-electron chi connectivity index (χ2n) is 11.4. The van der Waals surface area contributed by atoms with Gasteiger partial charge < -0.3 is 19.3 Å². The number of sulfonamides is 1. The summed E-state index contributed by atoms with van der Waals surface area (Å²) in [7, 11) is -3.28. The number of ether oxygens (including phenoxy) is 2. The molecule has 1 aromatic rings. The molecule has 10 nitrogen and oxygen atoms in total. The molecule has 202 valence electrons. The number of hydrogen-bond acceptors (Lipinski definition) is 8. The standard InChI is InChI=1S/C25H41N5O5S/c1-5-24(2,3)19-36(32,33)30-14-12-28(13-15-30)21-16-27-22(17-26-21)34-18-20-6-10-29(11-7-20)23(31)35-25(4)8-9-25/h16-17,20H,5-15,18-19H2,1-4H3. The van der Waals surface area contributed by atoms with Gasteiger partial charge in [-0.3, -0.25) is 0 Å². The summed E-state index contributed by atoms with van der Waals surface area (Å²) in [4.78, 5) is 25.0. The molecule has 11 heteroatoms. The van der Waals surface area contributed by atoms with Crippen molar-refractivity contribution in [3.63, 3.8) is 0 Å². The summed E-state index contributed by atoms with van der Waals surface area (Å²) in [5.41, 5.74) is -0.465. The summed E-state index contributed by atoms with van der Waals surface area (Å²) >= 11 is 0. The fraction of sp³-hybridized carbons (Fsp3) is 0.800. The molecule has 0 radical (unpaired) electrons. The van der Waals surface area contributed by atoms with Gasteiger partial charge in [0.15, 0.2) is 0 Å². The zero-order valence-electron chi connectivity index (χ0n) is 22.1. The van der Waals surface area contributed by atoms with Crippen molar-refractivity contribution in [1.29, 1.82) is 0 Å². The maximum absolute atomic E-state index is 12.8. The molecule has 0 spiro atoms. The van der Waals surface area contributed by atoms with Crippen LogP contribution < -0.4 is 9.64 Å². The zero-order chi connectivity index (χ0) is 26.0. The van der Waals surface area contributed by atoms with E-state index in [4.69, 9.17) is 9.47 Å². The van der Waals surface area contributed by atoms with Crippen LogP contribution in [0.15, 0.2) is 12.4 Å². The van der Waals surface area contributed by atoms with Gasteiger partial charge >= 0.3 is 6.09 Å². The Hall–Kier alpha value is -2.14. The molecule has 2 saturated heterocycles. The van der Waals surface area contributed by atoms with E-state index in [1.54, 1.807) is 21.6 Å². The van der Waals surface area contributed by atoms with E-state index in [0.717, 1.165) is 37.9 Å². The van der Waals surface area contributed by atoms with Gasteiger partial charge in [-0.1, -0.05) is 20.8 Å². The van der Waals surface area contributed by atoms with Gasteiger partial charge in [0.2, 0.25) is 15.9 Å². The number of hydrogen-bond donors (Lipinski definition) is 0. The molecule has 0 N–H and O–H groups in total. The fourth-order valence-corrected chi connectivity index (χ4v) is 6.56. The van der Waals surface area contributed by atoms with Crippen molar-refractivity contribution >= 4 is 21.9 Å². The first-order chi connectivity index (χ1) is 17.0. The van der Waals surface area contributed by atoms with Crippen LogP contribution in [0, 0.1) is 11.3 Å². The number of anilines is 1. The van der Waals surface area contributed by atoms with Gasteiger partial charge in [-0.15, -0.1) is 0 Å². The summed E-state index contributed by atoms with van der Waals surface area (Å²) < 4.78 is 38.6. The van der Waals surface area contributed by atoms with Crippen molar-refractivity contribution in [2.24, 2.45) is 11.3 Å². The largest absolute Gasteiger partial charge is 0.476 e. The number of aromatic nitrogens is 2. The minimum Gasteiger partial charge on any atom is -0.476 e. The second-order valence-corrected chi connectivity index (χ2v) is 13.4. The third-order valence-electron chi connectivity index (χ3n) is 7.73. The first kappa shape index (κ1) is 26.9. The Labute approximate surface area is 215 Å². The molecule has 2 aliphatic heterocycles. The number of nitrogens with zero attached hydrogens (tertiary/aromatic N) is 5. The lowest BCUT2D eigenvalue weighted by Crippen LogP contribution is -2.50. The molecular formula is C25H41N5O5S. The quantitative estimate of drug-likeness (QED) is 0.486. The van der Waals surface area contributed by atoms with Crippen LogP contribution >= 0.6 is 0 Å². The minimum atomic E-state index is -3.28. The number of carbonyl (C=O) groups excluding carboxylic acids is 1. The van der Waals surface area contributed by atoms with E-state index < -0.39 is 10.0 Å². The van der Waals surface area contributed by atoms with Crippen LogP contribution in [0.25, 0.3) is 0 Å². The van der Waals surface area contributed by atoms with Gasteiger partial charge in [-0.25, -0.2) is 23.2 Å². The third-order valence-corrected chi connectivity index (χ3v) is 10.0. The average molecular weight is 524 g/mol. The maximum Gasteiger partial charge on any atom is 0.410 e.